The molecule has 0 aliphatic heterocycles. The van der Waals surface area contributed by atoms with E-state index in [0.717, 1.165) is 0 Å². The predicted octanol–water partition coefficient (Wildman–Crippen LogP) is -4.50. The van der Waals surface area contributed by atoms with Crippen LogP contribution in [0.15, 0.2) is 0 Å². The van der Waals surface area contributed by atoms with Gasteiger partial charge in [-0.3, -0.25) is 0 Å². The van der Waals surface area contributed by atoms with Crippen LogP contribution in [-0.2, 0) is 3.10 Å². The van der Waals surface area contributed by atoms with E-state index < -0.39 is 20.4 Å². The van der Waals surface area contributed by atoms with Crippen LogP contribution in [0.5, 0.6) is 0 Å². The fraction of sp³-hybridized carbons (Fsp3) is 0. The minimum absolute atomic E-state index is 0. The summed E-state index contributed by atoms with van der Waals surface area (Å²) in [6, 6.07) is 0. The minimum Gasteiger partial charge on any atom is -1.00 e. The largest absolute Gasteiger partial charge is 1.00 e. The van der Waals surface area contributed by atoms with Gasteiger partial charge in [0.2, 0.25) is 0 Å². The molecule has 5 heavy (non-hydrogen) atoms. The Morgan fingerprint density at radius 1 is 1.60 bits per heavy atom. The van der Waals surface area contributed by atoms with Crippen molar-refractivity contribution in [2.45, 2.75) is 0 Å². The van der Waals surface area contributed by atoms with Gasteiger partial charge in [0, 0.05) is 0 Å². The van der Waals surface area contributed by atoms with Crippen molar-refractivity contribution in [1.29, 1.82) is 0 Å². The summed E-state index contributed by atoms with van der Waals surface area (Å²) in [6.45, 7) is 0. The summed E-state index contributed by atoms with van der Waals surface area (Å²) in [5.74, 6) is 0. The molecule has 0 aliphatic rings. The van der Waals surface area contributed by atoms with E-state index in [1.165, 1.54) is 0 Å². The van der Waals surface area contributed by atoms with Crippen LogP contribution in [0.3, 0.4) is 0 Å². The maximum atomic E-state index is 8.81. The fourth-order valence-electron chi connectivity index (χ4n) is 0. The second-order valence-corrected chi connectivity index (χ2v) is 1.55. The average Bonchev–Trinajstić information content (AvgIpc) is 0.811. The first-order valence-electron chi connectivity index (χ1n) is 0.532. The van der Waals surface area contributed by atoms with Gasteiger partial charge in [0.05, 0.1) is 0 Å². The molecule has 0 rings (SSSR count). The quantitative estimate of drug-likeness (QED) is 0.389. The van der Waals surface area contributed by atoms with Gasteiger partial charge in [-0.1, -0.05) is 0 Å². The molecule has 0 bridgehead atoms. The molecule has 5 heteroatoms. The molecular weight excluding hydrogens is 199 g/mol. The van der Waals surface area contributed by atoms with E-state index in [0.29, 0.717) is 0 Å². The Kier molecular flexibility index (Phi) is 10.7. The van der Waals surface area contributed by atoms with E-state index in [2.05, 4.69) is 0 Å². The van der Waals surface area contributed by atoms with Gasteiger partial charge in [0.25, 0.3) is 0 Å². The van der Waals surface area contributed by atoms with E-state index >= 15 is 0 Å². The smallest absolute Gasteiger partial charge is 1.00 e. The van der Waals surface area contributed by atoms with Crippen molar-refractivity contribution in [3.63, 3.8) is 0 Å². The van der Waals surface area contributed by atoms with Crippen LogP contribution < -0.4 is 29.6 Å². The number of hydrogen-bond acceptors (Lipinski definition) is 1. The summed E-state index contributed by atoms with van der Waals surface area (Å²) in [5, 5.41) is 0. The van der Waals surface area contributed by atoms with Crippen molar-refractivity contribution in [2.75, 3.05) is 0 Å². The average molecular weight is 202 g/mol. The zero-order chi connectivity index (χ0) is 3.58. The summed E-state index contributed by atoms with van der Waals surface area (Å²) in [4.78, 5) is 0. The molecule has 28 valence electrons. The minimum atomic E-state index is -3.61. The van der Waals surface area contributed by atoms with Crippen LogP contribution in [0.4, 0.5) is 0 Å². The van der Waals surface area contributed by atoms with E-state index in [1.54, 1.807) is 0 Å². The Balaban J connectivity index is -0.0000000450. The molecule has 0 spiro atoms. The summed E-state index contributed by atoms with van der Waals surface area (Å²) in [6.07, 6.45) is 0. The van der Waals surface area contributed by atoms with Gasteiger partial charge in [-0.25, -0.2) is 0 Å². The van der Waals surface area contributed by atoms with Crippen LogP contribution in [-0.4, -0.2) is 27.3 Å². The van der Waals surface area contributed by atoms with E-state index in [-0.39, 0.29) is 31.0 Å². The van der Waals surface area contributed by atoms with Gasteiger partial charge in [-0.2, -0.15) is 0 Å². The monoisotopic (exact) mass is 204 g/mol. The van der Waals surface area contributed by atoms with E-state index in [9.17, 15) is 0 Å². The first-order chi connectivity index (χ1) is 1.73. The van der Waals surface area contributed by atoms with Crippen LogP contribution in [0, 0.1) is 0 Å². The molecule has 0 aliphatic carbocycles. The molecule has 0 aromatic carbocycles. The standard InChI is InChI=1S/Na.H2O3Te.H/c;1-4(2)3;/h;(H2,1,2,3);/q+1;;-1. The van der Waals surface area contributed by atoms with Crippen LogP contribution >= 0.6 is 0 Å². The Bertz CT molecular complexity index is 33.8. The van der Waals surface area contributed by atoms with E-state index in [1.807, 2.05) is 0 Å². The molecule has 2 N–H and O–H groups in total. The van der Waals surface area contributed by atoms with Gasteiger partial charge in [0.15, 0.2) is 0 Å². The molecule has 0 aromatic rings. The van der Waals surface area contributed by atoms with Crippen LogP contribution in [0.25, 0.3) is 0 Å². The Hall–Kier alpha value is 1.51. The fourth-order valence-corrected chi connectivity index (χ4v) is 0. The van der Waals surface area contributed by atoms with Crippen molar-refractivity contribution < 1.29 is 41.0 Å². The predicted molar refractivity (Wildman–Crippen MR) is 12.0 cm³/mol. The molecule has 0 saturated heterocycles. The van der Waals surface area contributed by atoms with Crippen LogP contribution in [0.2, 0.25) is 0 Å². The first kappa shape index (κ1) is 9.72. The molecule has 0 saturated carbocycles. The molecule has 0 aromatic heterocycles. The maximum absolute atomic E-state index is 8.81. The van der Waals surface area contributed by atoms with Crippen LogP contribution in [0.1, 0.15) is 1.43 Å². The second-order valence-electron chi connectivity index (χ2n) is 0.231. The normalized spacial score (nSPS) is 7.00. The molecule has 3 nitrogen and oxygen atoms in total. The molecular formula is H3NaO3Te. The van der Waals surface area contributed by atoms with Gasteiger partial charge >= 0.3 is 60.0 Å². The molecule has 0 atom stereocenters. The first-order valence-corrected chi connectivity index (χ1v) is 3.57. The molecule has 0 unspecified atom stereocenters. The third-order valence-corrected chi connectivity index (χ3v) is 0. The van der Waals surface area contributed by atoms with Gasteiger partial charge < -0.3 is 1.43 Å². The summed E-state index contributed by atoms with van der Waals surface area (Å²) in [7, 11) is 0. The third kappa shape index (κ3) is 29.8. The summed E-state index contributed by atoms with van der Waals surface area (Å²) >= 11 is -3.61. The van der Waals surface area contributed by atoms with Gasteiger partial charge in [-0.05, 0) is 0 Å². The summed E-state index contributed by atoms with van der Waals surface area (Å²) in [5.41, 5.74) is 0. The van der Waals surface area contributed by atoms with Gasteiger partial charge in [0.1, 0.15) is 0 Å². The molecule has 0 heterocycles. The maximum Gasteiger partial charge on any atom is 1.00 e. The Labute approximate surface area is 60.9 Å². The van der Waals surface area contributed by atoms with Crippen molar-refractivity contribution in [3.05, 3.63) is 0 Å². The Morgan fingerprint density at radius 3 is 1.60 bits per heavy atom. The second kappa shape index (κ2) is 5.51. The SMILES string of the molecule is O=[Te](O)O.[H-].[Na+]. The van der Waals surface area contributed by atoms with Crippen molar-refractivity contribution in [2.24, 2.45) is 0 Å². The van der Waals surface area contributed by atoms with Gasteiger partial charge in [-0.15, -0.1) is 0 Å². The number of hydrogen-bond donors (Lipinski definition) is 2. The van der Waals surface area contributed by atoms with Crippen molar-refractivity contribution >= 4 is 20.4 Å². The topological polar surface area (TPSA) is 57.5 Å². The molecule has 0 amide bonds. The zero-order valence-electron chi connectivity index (χ0n) is 3.71. The Morgan fingerprint density at radius 2 is 1.60 bits per heavy atom. The van der Waals surface area contributed by atoms with Crippen molar-refractivity contribution in [3.8, 4) is 0 Å². The summed E-state index contributed by atoms with van der Waals surface area (Å²) < 4.78 is 23.3. The number of rotatable bonds is 0. The zero-order valence-corrected chi connectivity index (χ0v) is 7.04. The van der Waals surface area contributed by atoms with E-state index in [4.69, 9.17) is 10.0 Å². The molecule has 0 radical (unpaired) electrons. The molecule has 0 fully saturated rings. The van der Waals surface area contributed by atoms with Crippen molar-refractivity contribution in [1.82, 2.24) is 0 Å². The third-order valence-electron chi connectivity index (χ3n) is 0.